The van der Waals surface area contributed by atoms with Gasteiger partial charge in [-0.1, -0.05) is 29.3 Å². The van der Waals surface area contributed by atoms with Gasteiger partial charge in [0.1, 0.15) is 0 Å². The third-order valence-corrected chi connectivity index (χ3v) is 3.71. The largest absolute Gasteiger partial charge is 0.385 e. The van der Waals surface area contributed by atoms with Crippen LogP contribution in [0.4, 0.5) is 0 Å². The second-order valence-corrected chi connectivity index (χ2v) is 5.75. The van der Waals surface area contributed by atoms with Gasteiger partial charge in [-0.25, -0.2) is 0 Å². The number of rotatable bonds is 9. The highest BCUT2D eigenvalue weighted by Crippen LogP contribution is 2.15. The maximum Gasteiger partial charge on any atom is 0.0474 e. The van der Waals surface area contributed by atoms with E-state index in [4.69, 9.17) is 4.74 Å². The summed E-state index contributed by atoms with van der Waals surface area (Å²) in [5.41, 5.74) is 4.17. The maximum atomic E-state index is 5.00. The first-order chi connectivity index (χ1) is 8.72. The van der Waals surface area contributed by atoms with Crippen LogP contribution in [-0.2, 0) is 10.5 Å². The SMILES string of the molecule is COCCCNCCSCc1cc(C)cc(C)c1. The van der Waals surface area contributed by atoms with Gasteiger partial charge >= 0.3 is 0 Å². The molecule has 1 N–H and O–H groups in total. The lowest BCUT2D eigenvalue weighted by Crippen LogP contribution is -2.19. The van der Waals surface area contributed by atoms with Crippen LogP contribution >= 0.6 is 11.8 Å². The zero-order valence-corrected chi connectivity index (χ0v) is 12.6. The summed E-state index contributed by atoms with van der Waals surface area (Å²) in [7, 11) is 1.75. The zero-order chi connectivity index (χ0) is 13.2. The molecule has 0 aliphatic rings. The van der Waals surface area contributed by atoms with E-state index in [0.717, 1.165) is 31.9 Å². The van der Waals surface area contributed by atoms with Gasteiger partial charge in [-0.05, 0) is 32.4 Å². The van der Waals surface area contributed by atoms with Gasteiger partial charge in [0.25, 0.3) is 0 Å². The molecule has 0 fully saturated rings. The molecule has 2 nitrogen and oxygen atoms in total. The minimum Gasteiger partial charge on any atom is -0.385 e. The van der Waals surface area contributed by atoms with Crippen LogP contribution in [0.15, 0.2) is 18.2 Å². The third kappa shape index (κ3) is 7.04. The number of methoxy groups -OCH3 is 1. The number of aryl methyl sites for hydroxylation is 2. The Morgan fingerprint density at radius 1 is 1.11 bits per heavy atom. The van der Waals surface area contributed by atoms with Gasteiger partial charge in [-0.3, -0.25) is 0 Å². The highest BCUT2D eigenvalue weighted by molar-refractivity contribution is 7.98. The summed E-state index contributed by atoms with van der Waals surface area (Å²) in [5.74, 6) is 2.28. The Labute approximate surface area is 116 Å². The minimum absolute atomic E-state index is 0.850. The standard InChI is InChI=1S/C15H25NOS/c1-13-9-14(2)11-15(10-13)12-18-8-6-16-5-4-7-17-3/h9-11,16H,4-8,12H2,1-3H3. The molecule has 0 heterocycles. The van der Waals surface area contributed by atoms with E-state index in [0.29, 0.717) is 0 Å². The number of hydrogen-bond acceptors (Lipinski definition) is 3. The van der Waals surface area contributed by atoms with Crippen LogP contribution in [0.3, 0.4) is 0 Å². The lowest BCUT2D eigenvalue weighted by atomic mass is 10.1. The molecule has 0 unspecified atom stereocenters. The van der Waals surface area contributed by atoms with Gasteiger partial charge in [0.15, 0.2) is 0 Å². The Morgan fingerprint density at radius 3 is 2.50 bits per heavy atom. The van der Waals surface area contributed by atoms with Crippen LogP contribution in [0.2, 0.25) is 0 Å². The third-order valence-electron chi connectivity index (χ3n) is 2.68. The van der Waals surface area contributed by atoms with Gasteiger partial charge in [0.2, 0.25) is 0 Å². The van der Waals surface area contributed by atoms with Crippen molar-refractivity contribution in [3.05, 3.63) is 34.9 Å². The average Bonchev–Trinajstić information content (AvgIpc) is 2.31. The molecule has 1 aromatic carbocycles. The first-order valence-electron chi connectivity index (χ1n) is 6.57. The normalized spacial score (nSPS) is 10.8. The lowest BCUT2D eigenvalue weighted by Gasteiger charge is -2.06. The Kier molecular flexibility index (Phi) is 8.14. The fourth-order valence-corrected chi connectivity index (χ4v) is 2.79. The summed E-state index contributed by atoms with van der Waals surface area (Å²) >= 11 is 1.99. The molecule has 18 heavy (non-hydrogen) atoms. The van der Waals surface area contributed by atoms with E-state index in [1.807, 2.05) is 11.8 Å². The summed E-state index contributed by atoms with van der Waals surface area (Å²) < 4.78 is 5.00. The number of hydrogen-bond donors (Lipinski definition) is 1. The molecule has 0 aliphatic heterocycles. The van der Waals surface area contributed by atoms with Gasteiger partial charge in [0.05, 0.1) is 0 Å². The summed E-state index contributed by atoms with van der Waals surface area (Å²) in [6.07, 6.45) is 1.10. The van der Waals surface area contributed by atoms with E-state index in [1.165, 1.54) is 22.4 Å². The Hall–Kier alpha value is -0.510. The number of nitrogens with one attached hydrogen (secondary N) is 1. The van der Waals surface area contributed by atoms with Crippen molar-refractivity contribution in [3.63, 3.8) is 0 Å². The molecule has 0 radical (unpaired) electrons. The van der Waals surface area contributed by atoms with Crippen molar-refractivity contribution in [2.75, 3.05) is 32.6 Å². The van der Waals surface area contributed by atoms with Crippen LogP contribution in [-0.4, -0.2) is 32.6 Å². The Morgan fingerprint density at radius 2 is 1.83 bits per heavy atom. The van der Waals surface area contributed by atoms with Gasteiger partial charge in [-0.2, -0.15) is 11.8 Å². The highest BCUT2D eigenvalue weighted by atomic mass is 32.2. The molecule has 0 aliphatic carbocycles. The Bertz CT molecular complexity index is 321. The molecule has 102 valence electrons. The van der Waals surface area contributed by atoms with Crippen LogP contribution < -0.4 is 5.32 Å². The fourth-order valence-electron chi connectivity index (χ4n) is 1.95. The van der Waals surface area contributed by atoms with E-state index in [9.17, 15) is 0 Å². The first kappa shape index (κ1) is 15.5. The molecule has 0 saturated carbocycles. The molecule has 1 aromatic rings. The van der Waals surface area contributed by atoms with Crippen LogP contribution in [0.25, 0.3) is 0 Å². The smallest absolute Gasteiger partial charge is 0.0474 e. The van der Waals surface area contributed by atoms with Crippen LogP contribution in [0.1, 0.15) is 23.1 Å². The van der Waals surface area contributed by atoms with Crippen molar-refractivity contribution in [1.29, 1.82) is 0 Å². The number of thioether (sulfide) groups is 1. The number of ether oxygens (including phenoxy) is 1. The molecular formula is C15H25NOS. The molecule has 0 saturated heterocycles. The topological polar surface area (TPSA) is 21.3 Å². The van der Waals surface area contributed by atoms with E-state index in [-0.39, 0.29) is 0 Å². The van der Waals surface area contributed by atoms with E-state index in [2.05, 4.69) is 37.4 Å². The number of benzene rings is 1. The van der Waals surface area contributed by atoms with Crippen molar-refractivity contribution in [2.45, 2.75) is 26.0 Å². The lowest BCUT2D eigenvalue weighted by molar-refractivity contribution is 0.194. The second-order valence-electron chi connectivity index (χ2n) is 4.64. The summed E-state index contributed by atoms with van der Waals surface area (Å²) in [6, 6.07) is 6.80. The average molecular weight is 267 g/mol. The molecule has 0 bridgehead atoms. The monoisotopic (exact) mass is 267 g/mol. The molecular weight excluding hydrogens is 242 g/mol. The fraction of sp³-hybridized carbons (Fsp3) is 0.600. The quantitative estimate of drug-likeness (QED) is 0.694. The highest BCUT2D eigenvalue weighted by Gasteiger charge is 1.96. The van der Waals surface area contributed by atoms with Crippen LogP contribution in [0.5, 0.6) is 0 Å². The first-order valence-corrected chi connectivity index (χ1v) is 7.72. The summed E-state index contributed by atoms with van der Waals surface area (Å²) in [4.78, 5) is 0. The summed E-state index contributed by atoms with van der Waals surface area (Å²) in [5, 5.41) is 3.43. The minimum atomic E-state index is 0.850. The molecule has 0 aromatic heterocycles. The summed E-state index contributed by atoms with van der Waals surface area (Å²) in [6.45, 7) is 7.32. The van der Waals surface area contributed by atoms with Crippen LogP contribution in [0, 0.1) is 13.8 Å². The predicted molar refractivity (Wildman–Crippen MR) is 81.4 cm³/mol. The van der Waals surface area contributed by atoms with Crippen molar-refractivity contribution in [2.24, 2.45) is 0 Å². The molecule has 1 rings (SSSR count). The van der Waals surface area contributed by atoms with E-state index >= 15 is 0 Å². The maximum absolute atomic E-state index is 5.00. The van der Waals surface area contributed by atoms with Crippen molar-refractivity contribution < 1.29 is 4.74 Å². The molecule has 0 amide bonds. The molecule has 0 spiro atoms. The van der Waals surface area contributed by atoms with E-state index < -0.39 is 0 Å². The Balaban J connectivity index is 2.07. The van der Waals surface area contributed by atoms with E-state index in [1.54, 1.807) is 7.11 Å². The van der Waals surface area contributed by atoms with Gasteiger partial charge in [-0.15, -0.1) is 0 Å². The van der Waals surface area contributed by atoms with Gasteiger partial charge in [0, 0.05) is 31.8 Å². The van der Waals surface area contributed by atoms with Crippen molar-refractivity contribution in [3.8, 4) is 0 Å². The van der Waals surface area contributed by atoms with Crippen molar-refractivity contribution in [1.82, 2.24) is 5.32 Å². The van der Waals surface area contributed by atoms with Gasteiger partial charge < -0.3 is 10.1 Å². The van der Waals surface area contributed by atoms with Crippen molar-refractivity contribution >= 4 is 11.8 Å². The predicted octanol–water partition coefficient (Wildman–Crippen LogP) is 3.16. The molecule has 0 atom stereocenters. The zero-order valence-electron chi connectivity index (χ0n) is 11.8. The molecule has 3 heteroatoms. The second kappa shape index (κ2) is 9.42.